The number of hydrogen-bond acceptors (Lipinski definition) is 5. The van der Waals surface area contributed by atoms with Crippen LogP contribution in [-0.2, 0) is 14.8 Å². The Hall–Kier alpha value is -0.700. The third-order valence-corrected chi connectivity index (χ3v) is 7.25. The molecule has 0 aliphatic carbocycles. The van der Waals surface area contributed by atoms with Gasteiger partial charge in [0, 0.05) is 18.3 Å². The minimum Gasteiger partial charge on any atom is -0.375 e. The number of aromatic amines is 1. The third-order valence-electron chi connectivity index (χ3n) is 4.13. The van der Waals surface area contributed by atoms with Gasteiger partial charge in [0.05, 0.1) is 5.60 Å². The van der Waals surface area contributed by atoms with Crippen LogP contribution in [0.2, 0.25) is 0 Å². The zero-order valence-electron chi connectivity index (χ0n) is 12.6. The standard InChI is InChI=1S/C13H22N2O4S2/c1-4-13(5-2)8-10(6-7-19-13)15-21(17,18)11-9(3)14-12(16)20-11/h10,15H,4-8H2,1-3H3,(H,14,16). The average Bonchev–Trinajstić information content (AvgIpc) is 2.78. The van der Waals surface area contributed by atoms with E-state index in [2.05, 4.69) is 23.6 Å². The fourth-order valence-electron chi connectivity index (χ4n) is 2.79. The molecule has 8 heteroatoms. The predicted octanol–water partition coefficient (Wildman–Crippen LogP) is 1.76. The molecule has 1 aromatic heterocycles. The van der Waals surface area contributed by atoms with Gasteiger partial charge in [-0.15, -0.1) is 0 Å². The molecule has 0 saturated carbocycles. The van der Waals surface area contributed by atoms with Crippen LogP contribution in [0.15, 0.2) is 9.00 Å². The van der Waals surface area contributed by atoms with E-state index < -0.39 is 10.0 Å². The van der Waals surface area contributed by atoms with Crippen LogP contribution in [0.1, 0.15) is 45.2 Å². The summed E-state index contributed by atoms with van der Waals surface area (Å²) in [5.41, 5.74) is 0.146. The number of aromatic nitrogens is 1. The highest BCUT2D eigenvalue weighted by molar-refractivity contribution is 7.91. The Morgan fingerprint density at radius 2 is 2.10 bits per heavy atom. The maximum Gasteiger partial charge on any atom is 0.305 e. The third kappa shape index (κ3) is 3.56. The molecule has 1 aromatic rings. The van der Waals surface area contributed by atoms with Gasteiger partial charge in [0.15, 0.2) is 4.21 Å². The molecule has 1 saturated heterocycles. The van der Waals surface area contributed by atoms with Crippen molar-refractivity contribution in [2.75, 3.05) is 6.61 Å². The molecule has 0 radical (unpaired) electrons. The highest BCUT2D eigenvalue weighted by Crippen LogP contribution is 2.32. The van der Waals surface area contributed by atoms with Gasteiger partial charge in [-0.05, 0) is 32.6 Å². The van der Waals surface area contributed by atoms with Crippen molar-refractivity contribution in [2.45, 2.75) is 62.3 Å². The number of nitrogens with one attached hydrogen (secondary N) is 2. The first-order chi connectivity index (χ1) is 9.82. The second-order valence-corrected chi connectivity index (χ2v) is 8.37. The average molecular weight is 334 g/mol. The predicted molar refractivity (Wildman–Crippen MR) is 82.3 cm³/mol. The molecule has 120 valence electrons. The second kappa shape index (κ2) is 6.20. The van der Waals surface area contributed by atoms with Crippen LogP contribution < -0.4 is 9.60 Å². The summed E-state index contributed by atoms with van der Waals surface area (Å²) >= 11 is 0.728. The molecule has 2 heterocycles. The molecule has 1 atom stereocenters. The molecular formula is C13H22N2O4S2. The summed E-state index contributed by atoms with van der Waals surface area (Å²) in [5, 5.41) is 0. The van der Waals surface area contributed by atoms with E-state index in [1.54, 1.807) is 6.92 Å². The van der Waals surface area contributed by atoms with Gasteiger partial charge in [-0.25, -0.2) is 13.1 Å². The fourth-order valence-corrected chi connectivity index (χ4v) is 5.38. The highest BCUT2D eigenvalue weighted by atomic mass is 32.2. The molecule has 0 spiro atoms. The second-order valence-electron chi connectivity index (χ2n) is 5.48. The molecular weight excluding hydrogens is 312 g/mol. The van der Waals surface area contributed by atoms with Gasteiger partial charge in [-0.2, -0.15) is 0 Å². The zero-order chi connectivity index (χ0) is 15.7. The smallest absolute Gasteiger partial charge is 0.305 e. The van der Waals surface area contributed by atoms with E-state index in [9.17, 15) is 13.2 Å². The summed E-state index contributed by atoms with van der Waals surface area (Å²) in [7, 11) is -3.65. The van der Waals surface area contributed by atoms with Crippen molar-refractivity contribution in [1.29, 1.82) is 0 Å². The number of sulfonamides is 1. The lowest BCUT2D eigenvalue weighted by Crippen LogP contribution is -2.48. The summed E-state index contributed by atoms with van der Waals surface area (Å²) < 4.78 is 33.5. The van der Waals surface area contributed by atoms with Crippen molar-refractivity contribution in [1.82, 2.24) is 9.71 Å². The van der Waals surface area contributed by atoms with Crippen molar-refractivity contribution in [3.8, 4) is 0 Å². The van der Waals surface area contributed by atoms with Crippen LogP contribution in [0.5, 0.6) is 0 Å². The molecule has 0 bridgehead atoms. The normalized spacial score (nSPS) is 22.3. The molecule has 2 N–H and O–H groups in total. The number of aryl methyl sites for hydroxylation is 1. The monoisotopic (exact) mass is 334 g/mol. The van der Waals surface area contributed by atoms with E-state index in [4.69, 9.17) is 4.74 Å². The lowest BCUT2D eigenvalue weighted by molar-refractivity contribution is -0.0905. The quantitative estimate of drug-likeness (QED) is 0.859. The number of ether oxygens (including phenoxy) is 1. The van der Waals surface area contributed by atoms with Gasteiger partial charge < -0.3 is 9.72 Å². The van der Waals surface area contributed by atoms with Gasteiger partial charge in [0.25, 0.3) is 10.0 Å². The summed E-state index contributed by atoms with van der Waals surface area (Å²) in [6.45, 7) is 6.26. The summed E-state index contributed by atoms with van der Waals surface area (Å²) in [5.74, 6) is 0. The van der Waals surface area contributed by atoms with Crippen molar-refractivity contribution in [2.24, 2.45) is 0 Å². The van der Waals surface area contributed by atoms with E-state index in [0.717, 1.165) is 24.2 Å². The van der Waals surface area contributed by atoms with Crippen molar-refractivity contribution < 1.29 is 13.2 Å². The SMILES string of the molecule is CCC1(CC)CC(NS(=O)(=O)c2sc(=O)[nH]c2C)CCO1. The van der Waals surface area contributed by atoms with Crippen molar-refractivity contribution in [3.05, 3.63) is 15.4 Å². The topological polar surface area (TPSA) is 88.3 Å². The van der Waals surface area contributed by atoms with E-state index in [0.29, 0.717) is 25.1 Å². The Labute approximate surface area is 129 Å². The summed E-state index contributed by atoms with van der Waals surface area (Å²) in [6, 6.07) is -0.153. The minimum atomic E-state index is -3.65. The Balaban J connectivity index is 2.17. The molecule has 2 rings (SSSR count). The van der Waals surface area contributed by atoms with Gasteiger partial charge in [-0.3, -0.25) is 4.79 Å². The first-order valence-electron chi connectivity index (χ1n) is 7.18. The number of H-pyrrole nitrogens is 1. The van der Waals surface area contributed by atoms with Crippen LogP contribution >= 0.6 is 11.3 Å². The fraction of sp³-hybridized carbons (Fsp3) is 0.769. The Bertz CT molecular complexity index is 643. The van der Waals surface area contributed by atoms with E-state index in [1.807, 2.05) is 0 Å². The number of hydrogen-bond donors (Lipinski definition) is 2. The molecule has 0 amide bonds. The van der Waals surface area contributed by atoms with Crippen molar-refractivity contribution >= 4 is 21.4 Å². The number of rotatable bonds is 5. The zero-order valence-corrected chi connectivity index (χ0v) is 14.2. The minimum absolute atomic E-state index is 0.0811. The van der Waals surface area contributed by atoms with Crippen LogP contribution in [0.3, 0.4) is 0 Å². The maximum atomic E-state index is 12.4. The molecule has 1 aliphatic heterocycles. The number of thiazole rings is 1. The first kappa shape index (κ1) is 16.7. The molecule has 6 nitrogen and oxygen atoms in total. The lowest BCUT2D eigenvalue weighted by atomic mass is 9.86. The van der Waals surface area contributed by atoms with E-state index in [-0.39, 0.29) is 20.7 Å². The molecule has 21 heavy (non-hydrogen) atoms. The molecule has 1 unspecified atom stereocenters. The summed E-state index contributed by atoms with van der Waals surface area (Å²) in [6.07, 6.45) is 3.04. The van der Waals surface area contributed by atoms with E-state index >= 15 is 0 Å². The molecule has 0 aromatic carbocycles. The maximum absolute atomic E-state index is 12.4. The van der Waals surface area contributed by atoms with Crippen LogP contribution in [0, 0.1) is 6.92 Å². The summed E-state index contributed by atoms with van der Waals surface area (Å²) in [4.78, 5) is 13.5. The van der Waals surface area contributed by atoms with E-state index in [1.165, 1.54) is 0 Å². The van der Waals surface area contributed by atoms with Gasteiger partial charge in [0.2, 0.25) is 0 Å². The highest BCUT2D eigenvalue weighted by Gasteiger charge is 2.36. The largest absolute Gasteiger partial charge is 0.375 e. The van der Waals surface area contributed by atoms with Gasteiger partial charge in [-0.1, -0.05) is 25.2 Å². The Morgan fingerprint density at radius 3 is 2.62 bits per heavy atom. The lowest BCUT2D eigenvalue weighted by Gasteiger charge is -2.40. The van der Waals surface area contributed by atoms with Crippen molar-refractivity contribution in [3.63, 3.8) is 0 Å². The van der Waals surface area contributed by atoms with Crippen LogP contribution in [0.25, 0.3) is 0 Å². The molecule has 1 fully saturated rings. The van der Waals surface area contributed by atoms with Crippen LogP contribution in [-0.4, -0.2) is 31.7 Å². The van der Waals surface area contributed by atoms with Crippen LogP contribution in [0.4, 0.5) is 0 Å². The Kier molecular flexibility index (Phi) is 4.92. The van der Waals surface area contributed by atoms with Gasteiger partial charge in [0.1, 0.15) is 0 Å². The van der Waals surface area contributed by atoms with Gasteiger partial charge >= 0.3 is 4.87 Å². The first-order valence-corrected chi connectivity index (χ1v) is 9.48. The molecule has 1 aliphatic rings. The Morgan fingerprint density at radius 1 is 1.43 bits per heavy atom.